The van der Waals surface area contributed by atoms with Crippen LogP contribution in [-0.4, -0.2) is 0 Å². The lowest BCUT2D eigenvalue weighted by molar-refractivity contribution is 0.522. The van der Waals surface area contributed by atoms with Gasteiger partial charge in [0.2, 0.25) is 0 Å². The molecule has 1 heteroatoms. The van der Waals surface area contributed by atoms with E-state index in [2.05, 4.69) is 37.3 Å². The summed E-state index contributed by atoms with van der Waals surface area (Å²) in [5.41, 5.74) is 7.52. The number of benzene rings is 1. The molecule has 1 atom stereocenters. The summed E-state index contributed by atoms with van der Waals surface area (Å²) in [7, 11) is 0. The van der Waals surface area contributed by atoms with Crippen LogP contribution < -0.4 is 5.73 Å². The van der Waals surface area contributed by atoms with Gasteiger partial charge in [0.1, 0.15) is 0 Å². The second-order valence-corrected chi connectivity index (χ2v) is 7.05. The fourth-order valence-corrected chi connectivity index (χ4v) is 3.25. The third-order valence-corrected chi connectivity index (χ3v) is 4.85. The Kier molecular flexibility index (Phi) is 13.0. The summed E-state index contributed by atoms with van der Waals surface area (Å²) in [6, 6.07) is 10.7. The first kappa shape index (κ1) is 20.2. The molecule has 0 radical (unpaired) electrons. The van der Waals surface area contributed by atoms with Crippen molar-refractivity contribution in [3.05, 3.63) is 35.9 Å². The lowest BCUT2D eigenvalue weighted by atomic mass is 10.00. The van der Waals surface area contributed by atoms with E-state index in [1.165, 1.54) is 89.0 Å². The molecule has 0 heterocycles. The third-order valence-electron chi connectivity index (χ3n) is 4.85. The zero-order chi connectivity index (χ0) is 16.6. The van der Waals surface area contributed by atoms with Crippen LogP contribution >= 0.6 is 0 Å². The molecule has 0 aliphatic rings. The van der Waals surface area contributed by atoms with Crippen molar-refractivity contribution < 1.29 is 0 Å². The van der Waals surface area contributed by atoms with Gasteiger partial charge in [-0.15, -0.1) is 0 Å². The van der Waals surface area contributed by atoms with Gasteiger partial charge in [-0.1, -0.05) is 121 Å². The standard InChI is InChI=1S/C22H39N/c1-2-3-4-5-6-7-8-9-10-11-12-13-17-20-22(23)21-18-15-14-16-19-21/h14-16,18-19,22H,2-13,17,20,23H2,1H3/t22-/m0/s1. The minimum atomic E-state index is 0.226. The average molecular weight is 318 g/mol. The van der Waals surface area contributed by atoms with Crippen molar-refractivity contribution in [3.63, 3.8) is 0 Å². The van der Waals surface area contributed by atoms with Crippen LogP contribution in [0.3, 0.4) is 0 Å². The number of nitrogens with two attached hydrogens (primary N) is 1. The predicted molar refractivity (Wildman–Crippen MR) is 104 cm³/mol. The molecule has 0 unspecified atom stereocenters. The summed E-state index contributed by atoms with van der Waals surface area (Å²) in [6.07, 6.45) is 19.5. The second-order valence-electron chi connectivity index (χ2n) is 7.05. The molecule has 132 valence electrons. The van der Waals surface area contributed by atoms with Gasteiger partial charge in [0.25, 0.3) is 0 Å². The van der Waals surface area contributed by atoms with Crippen molar-refractivity contribution in [2.75, 3.05) is 0 Å². The van der Waals surface area contributed by atoms with E-state index >= 15 is 0 Å². The van der Waals surface area contributed by atoms with Gasteiger partial charge in [-0.05, 0) is 12.0 Å². The van der Waals surface area contributed by atoms with Crippen LogP contribution in [0.4, 0.5) is 0 Å². The van der Waals surface area contributed by atoms with E-state index < -0.39 is 0 Å². The molecular weight excluding hydrogens is 278 g/mol. The van der Waals surface area contributed by atoms with Gasteiger partial charge >= 0.3 is 0 Å². The summed E-state index contributed by atoms with van der Waals surface area (Å²) in [6.45, 7) is 2.29. The number of hydrogen-bond acceptors (Lipinski definition) is 1. The minimum absolute atomic E-state index is 0.226. The van der Waals surface area contributed by atoms with Gasteiger partial charge in [0.05, 0.1) is 0 Å². The summed E-state index contributed by atoms with van der Waals surface area (Å²) in [5.74, 6) is 0. The smallest absolute Gasteiger partial charge is 0.0294 e. The molecule has 0 saturated carbocycles. The Morgan fingerprint density at radius 2 is 1.09 bits per heavy atom. The number of hydrogen-bond donors (Lipinski definition) is 1. The molecule has 0 aromatic heterocycles. The summed E-state index contributed by atoms with van der Waals surface area (Å²) in [5, 5.41) is 0. The third kappa shape index (κ3) is 11.4. The van der Waals surface area contributed by atoms with Gasteiger partial charge in [0.15, 0.2) is 0 Å². The zero-order valence-electron chi connectivity index (χ0n) is 15.4. The maximum atomic E-state index is 6.23. The summed E-state index contributed by atoms with van der Waals surface area (Å²) >= 11 is 0. The Balaban J connectivity index is 1.81. The average Bonchev–Trinajstić information content (AvgIpc) is 2.59. The van der Waals surface area contributed by atoms with E-state index in [9.17, 15) is 0 Å². The predicted octanol–water partition coefficient (Wildman–Crippen LogP) is 7.17. The maximum Gasteiger partial charge on any atom is 0.0294 e. The first-order valence-electron chi connectivity index (χ1n) is 10.1. The van der Waals surface area contributed by atoms with Crippen molar-refractivity contribution >= 4 is 0 Å². The molecule has 23 heavy (non-hydrogen) atoms. The maximum absolute atomic E-state index is 6.23. The Hall–Kier alpha value is -0.820. The summed E-state index contributed by atoms with van der Waals surface area (Å²) < 4.78 is 0. The van der Waals surface area contributed by atoms with Gasteiger partial charge in [-0.3, -0.25) is 0 Å². The SMILES string of the molecule is CCCCCCCCCCCCCCC[C@H](N)c1ccccc1. The fraction of sp³-hybridized carbons (Fsp3) is 0.727. The van der Waals surface area contributed by atoms with Gasteiger partial charge in [0, 0.05) is 6.04 Å². The fourth-order valence-electron chi connectivity index (χ4n) is 3.25. The van der Waals surface area contributed by atoms with Crippen LogP contribution in [0.2, 0.25) is 0 Å². The van der Waals surface area contributed by atoms with Crippen LogP contribution in [0.25, 0.3) is 0 Å². The first-order valence-corrected chi connectivity index (χ1v) is 10.1. The van der Waals surface area contributed by atoms with Crippen molar-refractivity contribution in [2.45, 2.75) is 103 Å². The number of rotatable bonds is 15. The molecule has 0 saturated heterocycles. The highest BCUT2D eigenvalue weighted by molar-refractivity contribution is 5.18. The molecule has 0 bridgehead atoms. The van der Waals surface area contributed by atoms with Crippen LogP contribution in [0.1, 0.15) is 108 Å². The highest BCUT2D eigenvalue weighted by Crippen LogP contribution is 2.18. The quantitative estimate of drug-likeness (QED) is 0.341. The first-order chi connectivity index (χ1) is 11.3. The monoisotopic (exact) mass is 317 g/mol. The Morgan fingerprint density at radius 1 is 0.652 bits per heavy atom. The van der Waals surface area contributed by atoms with E-state index in [0.717, 1.165) is 6.42 Å². The molecule has 0 aliphatic heterocycles. The van der Waals surface area contributed by atoms with Crippen molar-refractivity contribution in [1.29, 1.82) is 0 Å². The Morgan fingerprint density at radius 3 is 1.57 bits per heavy atom. The molecular formula is C22H39N. The molecule has 1 aromatic carbocycles. The highest BCUT2D eigenvalue weighted by atomic mass is 14.6. The zero-order valence-corrected chi connectivity index (χ0v) is 15.4. The molecule has 0 spiro atoms. The van der Waals surface area contributed by atoms with Crippen molar-refractivity contribution in [3.8, 4) is 0 Å². The van der Waals surface area contributed by atoms with Crippen LogP contribution in [-0.2, 0) is 0 Å². The van der Waals surface area contributed by atoms with Crippen LogP contribution in [0, 0.1) is 0 Å². The van der Waals surface area contributed by atoms with Crippen molar-refractivity contribution in [1.82, 2.24) is 0 Å². The highest BCUT2D eigenvalue weighted by Gasteiger charge is 2.04. The van der Waals surface area contributed by atoms with Crippen LogP contribution in [0.15, 0.2) is 30.3 Å². The normalized spacial score (nSPS) is 12.4. The van der Waals surface area contributed by atoms with E-state index in [1.54, 1.807) is 0 Å². The van der Waals surface area contributed by atoms with Crippen LogP contribution in [0.5, 0.6) is 0 Å². The van der Waals surface area contributed by atoms with Crippen molar-refractivity contribution in [2.24, 2.45) is 5.73 Å². The van der Waals surface area contributed by atoms with E-state index in [1.807, 2.05) is 0 Å². The largest absolute Gasteiger partial charge is 0.324 e. The Labute approximate surface area is 145 Å². The molecule has 0 aliphatic carbocycles. The molecule has 0 amide bonds. The van der Waals surface area contributed by atoms with E-state index in [-0.39, 0.29) is 6.04 Å². The van der Waals surface area contributed by atoms with Gasteiger partial charge in [-0.25, -0.2) is 0 Å². The molecule has 1 nitrogen and oxygen atoms in total. The topological polar surface area (TPSA) is 26.0 Å². The molecule has 1 rings (SSSR count). The van der Waals surface area contributed by atoms with E-state index in [4.69, 9.17) is 5.73 Å². The Bertz CT molecular complexity index is 346. The summed E-state index contributed by atoms with van der Waals surface area (Å²) in [4.78, 5) is 0. The molecule has 0 fully saturated rings. The lowest BCUT2D eigenvalue weighted by Gasteiger charge is -2.11. The lowest BCUT2D eigenvalue weighted by Crippen LogP contribution is -2.09. The van der Waals surface area contributed by atoms with Gasteiger partial charge in [-0.2, -0.15) is 0 Å². The molecule has 2 N–H and O–H groups in total. The number of unbranched alkanes of at least 4 members (excludes halogenated alkanes) is 12. The second kappa shape index (κ2) is 14.8. The minimum Gasteiger partial charge on any atom is -0.324 e. The molecule has 1 aromatic rings. The van der Waals surface area contributed by atoms with E-state index in [0.29, 0.717) is 0 Å². The van der Waals surface area contributed by atoms with Gasteiger partial charge < -0.3 is 5.73 Å².